The minimum atomic E-state index is -0.109. The lowest BCUT2D eigenvalue weighted by Crippen LogP contribution is -2.40. The summed E-state index contributed by atoms with van der Waals surface area (Å²) in [5.74, 6) is 1.08. The van der Waals surface area contributed by atoms with Gasteiger partial charge in [-0.15, -0.1) is 0 Å². The summed E-state index contributed by atoms with van der Waals surface area (Å²) in [6, 6.07) is -0.109. The van der Waals surface area contributed by atoms with Crippen LogP contribution in [0.5, 0.6) is 0 Å². The van der Waals surface area contributed by atoms with E-state index in [1.54, 1.807) is 0 Å². The predicted molar refractivity (Wildman–Crippen MR) is 55.8 cm³/mol. The molecule has 1 atom stereocenters. The largest absolute Gasteiger partial charge is 0.394 e. The number of hydrogen-bond donors (Lipinski definition) is 2. The smallest absolute Gasteiger partial charge is 0.223 e. The Hall–Kier alpha value is -0.570. The highest BCUT2D eigenvalue weighted by Crippen LogP contribution is 2.28. The van der Waals surface area contributed by atoms with E-state index >= 15 is 0 Å². The fourth-order valence-corrected chi connectivity index (χ4v) is 1.93. The van der Waals surface area contributed by atoms with E-state index in [1.165, 1.54) is 0 Å². The standard InChI is InChI=1S/C11H21NO2/c1-8-3-5-10(6-4-8)11(14)12-9(2)7-13/h8-10,13H,3-7H2,1-2H3,(H,12,14)/t8-,9-,10-/m0/s1. The van der Waals surface area contributed by atoms with Gasteiger partial charge in [-0.1, -0.05) is 6.92 Å². The van der Waals surface area contributed by atoms with Crippen LogP contribution in [-0.2, 0) is 4.79 Å². The lowest BCUT2D eigenvalue weighted by Gasteiger charge is -2.26. The molecule has 0 spiro atoms. The Morgan fingerprint density at radius 1 is 1.43 bits per heavy atom. The van der Waals surface area contributed by atoms with Crippen LogP contribution in [-0.4, -0.2) is 23.7 Å². The number of hydrogen-bond acceptors (Lipinski definition) is 2. The molecule has 1 rings (SSSR count). The third kappa shape index (κ3) is 3.29. The highest BCUT2D eigenvalue weighted by atomic mass is 16.3. The van der Waals surface area contributed by atoms with Gasteiger partial charge in [0.25, 0.3) is 0 Å². The zero-order valence-electron chi connectivity index (χ0n) is 9.12. The first-order chi connectivity index (χ1) is 6.63. The van der Waals surface area contributed by atoms with E-state index in [1.807, 2.05) is 6.92 Å². The van der Waals surface area contributed by atoms with Crippen LogP contribution >= 0.6 is 0 Å². The van der Waals surface area contributed by atoms with Gasteiger partial charge in [0.05, 0.1) is 6.61 Å². The first-order valence-corrected chi connectivity index (χ1v) is 5.54. The summed E-state index contributed by atoms with van der Waals surface area (Å²) in [5.41, 5.74) is 0. The average molecular weight is 199 g/mol. The lowest BCUT2D eigenvalue weighted by molar-refractivity contribution is -0.127. The van der Waals surface area contributed by atoms with E-state index in [2.05, 4.69) is 12.2 Å². The van der Waals surface area contributed by atoms with Crippen molar-refractivity contribution in [3.8, 4) is 0 Å². The lowest BCUT2D eigenvalue weighted by atomic mass is 9.82. The van der Waals surface area contributed by atoms with Crippen LogP contribution in [0.4, 0.5) is 0 Å². The molecule has 0 aromatic carbocycles. The normalized spacial score (nSPS) is 29.6. The van der Waals surface area contributed by atoms with Crippen LogP contribution in [0, 0.1) is 11.8 Å². The first kappa shape index (κ1) is 11.5. The second kappa shape index (κ2) is 5.35. The monoisotopic (exact) mass is 199 g/mol. The minimum absolute atomic E-state index is 0.0227. The van der Waals surface area contributed by atoms with Crippen LogP contribution in [0.3, 0.4) is 0 Å². The molecule has 0 aliphatic heterocycles. The molecule has 0 aromatic rings. The number of nitrogens with one attached hydrogen (secondary N) is 1. The molecule has 0 radical (unpaired) electrons. The maximum atomic E-state index is 11.7. The van der Waals surface area contributed by atoms with Gasteiger partial charge in [0.1, 0.15) is 0 Å². The van der Waals surface area contributed by atoms with Gasteiger partial charge in [-0.3, -0.25) is 4.79 Å². The summed E-state index contributed by atoms with van der Waals surface area (Å²) in [4.78, 5) is 11.7. The van der Waals surface area contributed by atoms with E-state index in [4.69, 9.17) is 5.11 Å². The van der Waals surface area contributed by atoms with Crippen molar-refractivity contribution in [2.75, 3.05) is 6.61 Å². The van der Waals surface area contributed by atoms with Crippen molar-refractivity contribution in [3.63, 3.8) is 0 Å². The first-order valence-electron chi connectivity index (χ1n) is 5.54. The van der Waals surface area contributed by atoms with Gasteiger partial charge in [-0.05, 0) is 38.5 Å². The summed E-state index contributed by atoms with van der Waals surface area (Å²) in [5, 5.41) is 11.6. The molecule has 0 saturated heterocycles. The molecular formula is C11H21NO2. The second-order valence-corrected chi connectivity index (χ2v) is 4.55. The molecule has 1 fully saturated rings. The molecule has 0 heterocycles. The van der Waals surface area contributed by atoms with Crippen molar-refractivity contribution in [3.05, 3.63) is 0 Å². The summed E-state index contributed by atoms with van der Waals surface area (Å²) in [6.45, 7) is 4.09. The predicted octanol–water partition coefficient (Wildman–Crippen LogP) is 1.31. The third-order valence-electron chi connectivity index (χ3n) is 3.05. The molecule has 14 heavy (non-hydrogen) atoms. The van der Waals surface area contributed by atoms with Crippen LogP contribution in [0.15, 0.2) is 0 Å². The van der Waals surface area contributed by atoms with Gasteiger partial charge in [0, 0.05) is 12.0 Å². The SMILES string of the molecule is C[C@@H](CO)NC(=O)[C@H]1CC[C@H](C)CC1. The van der Waals surface area contributed by atoms with Gasteiger partial charge in [0.15, 0.2) is 0 Å². The van der Waals surface area contributed by atoms with Gasteiger partial charge in [-0.25, -0.2) is 0 Å². The quantitative estimate of drug-likeness (QED) is 0.720. The van der Waals surface area contributed by atoms with Crippen LogP contribution in [0.1, 0.15) is 39.5 Å². The van der Waals surface area contributed by atoms with Gasteiger partial charge in [-0.2, -0.15) is 0 Å². The zero-order valence-corrected chi connectivity index (χ0v) is 9.12. The van der Waals surface area contributed by atoms with Crippen molar-refractivity contribution >= 4 is 5.91 Å². The molecule has 0 bridgehead atoms. The van der Waals surface area contributed by atoms with Gasteiger partial charge < -0.3 is 10.4 Å². The van der Waals surface area contributed by atoms with Crippen molar-refractivity contribution in [2.24, 2.45) is 11.8 Å². The van der Waals surface area contributed by atoms with Gasteiger partial charge >= 0.3 is 0 Å². The Labute approximate surface area is 85.9 Å². The molecular weight excluding hydrogens is 178 g/mol. The summed E-state index contributed by atoms with van der Waals surface area (Å²) in [7, 11) is 0. The average Bonchev–Trinajstić information content (AvgIpc) is 2.18. The van der Waals surface area contributed by atoms with Crippen molar-refractivity contribution in [1.29, 1.82) is 0 Å². The highest BCUT2D eigenvalue weighted by Gasteiger charge is 2.24. The van der Waals surface area contributed by atoms with E-state index in [-0.39, 0.29) is 24.5 Å². The number of carbonyl (C=O) groups excluding carboxylic acids is 1. The number of rotatable bonds is 3. The highest BCUT2D eigenvalue weighted by molar-refractivity contribution is 5.78. The summed E-state index contributed by atoms with van der Waals surface area (Å²) < 4.78 is 0. The third-order valence-corrected chi connectivity index (χ3v) is 3.05. The molecule has 1 amide bonds. The molecule has 0 unspecified atom stereocenters. The maximum absolute atomic E-state index is 11.7. The summed E-state index contributed by atoms with van der Waals surface area (Å²) >= 11 is 0. The molecule has 1 saturated carbocycles. The number of carbonyl (C=O) groups is 1. The molecule has 1 aliphatic carbocycles. The van der Waals surface area contributed by atoms with Crippen molar-refractivity contribution in [2.45, 2.75) is 45.6 Å². The molecule has 3 heteroatoms. The molecule has 82 valence electrons. The van der Waals surface area contributed by atoms with Gasteiger partial charge in [0.2, 0.25) is 5.91 Å². The summed E-state index contributed by atoms with van der Waals surface area (Å²) in [6.07, 6.45) is 4.33. The molecule has 2 N–H and O–H groups in total. The van der Waals surface area contributed by atoms with E-state index in [9.17, 15) is 4.79 Å². The Morgan fingerprint density at radius 3 is 2.50 bits per heavy atom. The number of aliphatic hydroxyl groups is 1. The fourth-order valence-electron chi connectivity index (χ4n) is 1.93. The molecule has 0 aromatic heterocycles. The van der Waals surface area contributed by atoms with E-state index in [0.29, 0.717) is 0 Å². The van der Waals surface area contributed by atoms with Crippen LogP contribution in [0.2, 0.25) is 0 Å². The fraction of sp³-hybridized carbons (Fsp3) is 0.909. The molecule has 1 aliphatic rings. The van der Waals surface area contributed by atoms with E-state index < -0.39 is 0 Å². The maximum Gasteiger partial charge on any atom is 0.223 e. The Morgan fingerprint density at radius 2 is 2.00 bits per heavy atom. The Bertz CT molecular complexity index is 186. The van der Waals surface area contributed by atoms with Crippen LogP contribution in [0.25, 0.3) is 0 Å². The Kier molecular flexibility index (Phi) is 4.39. The number of aliphatic hydroxyl groups excluding tert-OH is 1. The van der Waals surface area contributed by atoms with Crippen molar-refractivity contribution in [1.82, 2.24) is 5.32 Å². The molecule has 3 nitrogen and oxygen atoms in total. The Balaban J connectivity index is 2.30. The number of amides is 1. The van der Waals surface area contributed by atoms with Crippen molar-refractivity contribution < 1.29 is 9.90 Å². The minimum Gasteiger partial charge on any atom is -0.394 e. The topological polar surface area (TPSA) is 49.3 Å². The van der Waals surface area contributed by atoms with E-state index in [0.717, 1.165) is 31.6 Å². The zero-order chi connectivity index (χ0) is 10.6. The second-order valence-electron chi connectivity index (χ2n) is 4.55. The van der Waals surface area contributed by atoms with Crippen LogP contribution < -0.4 is 5.32 Å².